The number of amides is 1. The number of hydrogen-bond donors (Lipinski definition) is 0. The fourth-order valence-corrected chi connectivity index (χ4v) is 4.47. The highest BCUT2D eigenvalue weighted by atomic mass is 16.5. The zero-order chi connectivity index (χ0) is 18.9. The van der Waals surface area contributed by atoms with Gasteiger partial charge in [0, 0.05) is 17.6 Å². The summed E-state index contributed by atoms with van der Waals surface area (Å²) < 4.78 is 5.73. The van der Waals surface area contributed by atoms with E-state index in [9.17, 15) is 4.79 Å². The van der Waals surface area contributed by atoms with E-state index in [1.165, 1.54) is 11.1 Å². The van der Waals surface area contributed by atoms with E-state index in [-0.39, 0.29) is 17.9 Å². The second-order valence-electron chi connectivity index (χ2n) is 7.82. The normalized spacial score (nSPS) is 18.5. The fourth-order valence-electron chi connectivity index (χ4n) is 4.47. The number of likely N-dealkylation sites (tertiary alicyclic amines) is 1. The van der Waals surface area contributed by atoms with Crippen molar-refractivity contribution >= 4 is 11.6 Å². The summed E-state index contributed by atoms with van der Waals surface area (Å²) >= 11 is 0. The molecule has 0 saturated carbocycles. The summed E-state index contributed by atoms with van der Waals surface area (Å²) in [5, 5.41) is 0. The van der Waals surface area contributed by atoms with Gasteiger partial charge in [-0.3, -0.25) is 4.79 Å². The Morgan fingerprint density at radius 3 is 2.56 bits per heavy atom. The van der Waals surface area contributed by atoms with Crippen molar-refractivity contribution in [3.8, 4) is 5.75 Å². The van der Waals surface area contributed by atoms with E-state index in [4.69, 9.17) is 4.74 Å². The standard InChI is InChI=1S/C23H28N2O2/c1-3-24-13-11-23(12-14-24)17-25(21-10-9-18(2)15-20(21)23)22(26)16-27-19-7-5-4-6-8-19/h4-10,15H,3,11-14,16-17H2,1-2H3. The third-order valence-corrected chi connectivity index (χ3v) is 6.14. The fraction of sp³-hybridized carbons (Fsp3) is 0.435. The maximum atomic E-state index is 13.0. The first-order valence-corrected chi connectivity index (χ1v) is 9.93. The van der Waals surface area contributed by atoms with Gasteiger partial charge in [-0.1, -0.05) is 42.8 Å². The molecule has 4 rings (SSSR count). The van der Waals surface area contributed by atoms with Crippen LogP contribution in [0.1, 0.15) is 30.9 Å². The number of rotatable bonds is 4. The predicted molar refractivity (Wildman–Crippen MR) is 108 cm³/mol. The van der Waals surface area contributed by atoms with Crippen LogP contribution in [0.3, 0.4) is 0 Å². The van der Waals surface area contributed by atoms with E-state index < -0.39 is 0 Å². The average molecular weight is 364 g/mol. The molecule has 0 atom stereocenters. The molecule has 4 nitrogen and oxygen atoms in total. The average Bonchev–Trinajstić information content (AvgIpc) is 3.01. The van der Waals surface area contributed by atoms with Gasteiger partial charge in [-0.05, 0) is 63.2 Å². The molecule has 0 unspecified atom stereocenters. The van der Waals surface area contributed by atoms with Gasteiger partial charge in [-0.2, -0.15) is 0 Å². The molecule has 0 aliphatic carbocycles. The number of carbonyl (C=O) groups excluding carboxylic acids is 1. The summed E-state index contributed by atoms with van der Waals surface area (Å²) in [4.78, 5) is 17.5. The van der Waals surface area contributed by atoms with Gasteiger partial charge in [0.05, 0.1) is 0 Å². The second kappa shape index (κ2) is 7.35. The van der Waals surface area contributed by atoms with Gasteiger partial charge in [-0.25, -0.2) is 0 Å². The maximum Gasteiger partial charge on any atom is 0.264 e. The summed E-state index contributed by atoms with van der Waals surface area (Å²) in [6, 6.07) is 16.1. The number of nitrogens with zero attached hydrogens (tertiary/aromatic N) is 2. The van der Waals surface area contributed by atoms with Gasteiger partial charge in [0.25, 0.3) is 5.91 Å². The molecule has 1 spiro atoms. The molecule has 1 amide bonds. The van der Waals surface area contributed by atoms with Crippen LogP contribution in [0.25, 0.3) is 0 Å². The van der Waals surface area contributed by atoms with E-state index in [0.717, 1.165) is 50.5 Å². The Balaban J connectivity index is 1.55. The number of para-hydroxylation sites is 1. The van der Waals surface area contributed by atoms with Crippen molar-refractivity contribution < 1.29 is 9.53 Å². The highest BCUT2D eigenvalue weighted by Crippen LogP contribution is 2.47. The zero-order valence-corrected chi connectivity index (χ0v) is 16.3. The minimum absolute atomic E-state index is 0.0405. The summed E-state index contributed by atoms with van der Waals surface area (Å²) in [5.74, 6) is 0.777. The number of piperidine rings is 1. The molecular weight excluding hydrogens is 336 g/mol. The molecule has 2 heterocycles. The van der Waals surface area contributed by atoms with Crippen molar-refractivity contribution in [2.75, 3.05) is 37.7 Å². The van der Waals surface area contributed by atoms with Crippen LogP contribution in [0.2, 0.25) is 0 Å². The van der Waals surface area contributed by atoms with E-state index >= 15 is 0 Å². The van der Waals surface area contributed by atoms with E-state index in [1.807, 2.05) is 35.2 Å². The highest BCUT2D eigenvalue weighted by Gasteiger charge is 2.46. The topological polar surface area (TPSA) is 32.8 Å². The highest BCUT2D eigenvalue weighted by molar-refractivity contribution is 5.97. The Labute approximate surface area is 161 Å². The van der Waals surface area contributed by atoms with E-state index in [1.54, 1.807) is 0 Å². The number of ether oxygens (including phenoxy) is 1. The Bertz CT molecular complexity index is 810. The quantitative estimate of drug-likeness (QED) is 0.828. The van der Waals surface area contributed by atoms with Crippen molar-refractivity contribution in [3.05, 3.63) is 59.7 Å². The molecule has 2 aliphatic heterocycles. The van der Waals surface area contributed by atoms with Crippen molar-refractivity contribution in [2.24, 2.45) is 0 Å². The molecule has 1 saturated heterocycles. The number of benzene rings is 2. The number of anilines is 1. The van der Waals surface area contributed by atoms with Crippen LogP contribution >= 0.6 is 0 Å². The monoisotopic (exact) mass is 364 g/mol. The summed E-state index contributed by atoms with van der Waals surface area (Å²) in [5.41, 5.74) is 3.79. The molecule has 1 fully saturated rings. The number of aryl methyl sites for hydroxylation is 1. The molecule has 2 aromatic rings. The molecular formula is C23H28N2O2. The Hall–Kier alpha value is -2.33. The Morgan fingerprint density at radius 1 is 1.11 bits per heavy atom. The van der Waals surface area contributed by atoms with Crippen molar-refractivity contribution in [2.45, 2.75) is 32.1 Å². The lowest BCUT2D eigenvalue weighted by atomic mass is 9.74. The van der Waals surface area contributed by atoms with Crippen LogP contribution in [-0.2, 0) is 10.2 Å². The minimum Gasteiger partial charge on any atom is -0.484 e. The van der Waals surface area contributed by atoms with Crippen LogP contribution in [0.15, 0.2) is 48.5 Å². The molecule has 0 N–H and O–H groups in total. The second-order valence-corrected chi connectivity index (χ2v) is 7.82. The predicted octanol–water partition coefficient (Wildman–Crippen LogP) is 3.77. The molecule has 4 heteroatoms. The molecule has 0 bridgehead atoms. The van der Waals surface area contributed by atoms with Crippen LogP contribution in [-0.4, -0.2) is 43.6 Å². The lowest BCUT2D eigenvalue weighted by molar-refractivity contribution is -0.120. The van der Waals surface area contributed by atoms with Crippen LogP contribution in [0, 0.1) is 6.92 Å². The number of carbonyl (C=O) groups is 1. The van der Waals surface area contributed by atoms with Gasteiger partial charge < -0.3 is 14.5 Å². The van der Waals surface area contributed by atoms with Gasteiger partial charge in [0.1, 0.15) is 5.75 Å². The lowest BCUT2D eigenvalue weighted by Gasteiger charge is -2.39. The van der Waals surface area contributed by atoms with Gasteiger partial charge in [0.15, 0.2) is 6.61 Å². The SMILES string of the molecule is CCN1CCC2(CC1)CN(C(=O)COc1ccccc1)c1ccc(C)cc12. The summed E-state index contributed by atoms with van der Waals surface area (Å²) in [7, 11) is 0. The van der Waals surface area contributed by atoms with Gasteiger partial charge >= 0.3 is 0 Å². The van der Waals surface area contributed by atoms with Gasteiger partial charge in [-0.15, -0.1) is 0 Å². The smallest absolute Gasteiger partial charge is 0.264 e. The summed E-state index contributed by atoms with van der Waals surface area (Å²) in [6.07, 6.45) is 2.22. The first-order valence-electron chi connectivity index (χ1n) is 9.93. The van der Waals surface area contributed by atoms with E-state index in [2.05, 4.69) is 36.9 Å². The zero-order valence-electron chi connectivity index (χ0n) is 16.3. The Kier molecular flexibility index (Phi) is 4.92. The van der Waals surface area contributed by atoms with Crippen molar-refractivity contribution in [1.82, 2.24) is 4.90 Å². The minimum atomic E-state index is 0.0405. The molecule has 0 aromatic heterocycles. The van der Waals surface area contributed by atoms with Crippen molar-refractivity contribution in [3.63, 3.8) is 0 Å². The van der Waals surface area contributed by atoms with Crippen LogP contribution < -0.4 is 9.64 Å². The van der Waals surface area contributed by atoms with Gasteiger partial charge in [0.2, 0.25) is 0 Å². The summed E-state index contributed by atoms with van der Waals surface area (Å²) in [6.45, 7) is 8.53. The van der Waals surface area contributed by atoms with Crippen LogP contribution in [0.5, 0.6) is 5.75 Å². The largest absolute Gasteiger partial charge is 0.484 e. The molecule has 0 radical (unpaired) electrons. The lowest BCUT2D eigenvalue weighted by Crippen LogP contribution is -2.46. The van der Waals surface area contributed by atoms with E-state index in [0.29, 0.717) is 0 Å². The molecule has 27 heavy (non-hydrogen) atoms. The molecule has 142 valence electrons. The maximum absolute atomic E-state index is 13.0. The number of fused-ring (bicyclic) bond motifs is 2. The molecule has 2 aromatic carbocycles. The Morgan fingerprint density at radius 2 is 1.85 bits per heavy atom. The number of hydrogen-bond acceptors (Lipinski definition) is 3. The first kappa shape index (κ1) is 18.1. The third-order valence-electron chi connectivity index (χ3n) is 6.14. The molecule has 2 aliphatic rings. The van der Waals surface area contributed by atoms with Crippen LogP contribution in [0.4, 0.5) is 5.69 Å². The first-order chi connectivity index (χ1) is 13.1. The van der Waals surface area contributed by atoms with Crippen molar-refractivity contribution in [1.29, 1.82) is 0 Å². The third kappa shape index (κ3) is 3.46.